The summed E-state index contributed by atoms with van der Waals surface area (Å²) in [5, 5.41) is 9.98. The number of benzene rings is 2. The van der Waals surface area contributed by atoms with Gasteiger partial charge in [0.25, 0.3) is 0 Å². The molecule has 1 unspecified atom stereocenters. The minimum absolute atomic E-state index is 0.153. The second kappa shape index (κ2) is 5.71. The second-order valence-corrected chi connectivity index (χ2v) is 5.22. The minimum Gasteiger partial charge on any atom is -0.382 e. The Morgan fingerprint density at radius 3 is 2.10 bits per heavy atom. The zero-order chi connectivity index (χ0) is 14.8. The number of hydrogen-bond acceptors (Lipinski definition) is 1. The summed E-state index contributed by atoms with van der Waals surface area (Å²) >= 11 is 0. The van der Waals surface area contributed by atoms with E-state index in [0.717, 1.165) is 5.56 Å². The molecule has 0 radical (unpaired) electrons. The van der Waals surface area contributed by atoms with Crippen LogP contribution in [-0.2, 0) is 5.92 Å². The predicted molar refractivity (Wildman–Crippen MR) is 75.8 cm³/mol. The van der Waals surface area contributed by atoms with Crippen LogP contribution >= 0.6 is 0 Å². The Bertz CT molecular complexity index is 564. The third-order valence-electron chi connectivity index (χ3n) is 3.40. The van der Waals surface area contributed by atoms with Gasteiger partial charge in [-0.25, -0.2) is 0 Å². The molecule has 0 aliphatic carbocycles. The van der Waals surface area contributed by atoms with E-state index in [-0.39, 0.29) is 17.0 Å². The number of rotatable bonds is 4. The number of alkyl halides is 2. The van der Waals surface area contributed by atoms with Crippen molar-refractivity contribution in [3.8, 4) is 0 Å². The van der Waals surface area contributed by atoms with Crippen molar-refractivity contribution in [1.82, 2.24) is 0 Å². The molecule has 2 aromatic carbocycles. The van der Waals surface area contributed by atoms with Gasteiger partial charge in [-0.3, -0.25) is 0 Å². The molecule has 106 valence electrons. The van der Waals surface area contributed by atoms with E-state index in [0.29, 0.717) is 0 Å². The van der Waals surface area contributed by atoms with Crippen LogP contribution in [0.15, 0.2) is 54.6 Å². The molecule has 0 saturated carbocycles. The van der Waals surface area contributed by atoms with Crippen LogP contribution in [0.2, 0.25) is 0 Å². The Balaban J connectivity index is 2.37. The summed E-state index contributed by atoms with van der Waals surface area (Å²) in [5.74, 6) is -3.15. The highest BCUT2D eigenvalue weighted by molar-refractivity contribution is 5.32. The van der Waals surface area contributed by atoms with Gasteiger partial charge in [-0.05, 0) is 23.1 Å². The molecule has 0 bridgehead atoms. The van der Waals surface area contributed by atoms with Gasteiger partial charge in [0.2, 0.25) is 0 Å². The molecule has 0 amide bonds. The van der Waals surface area contributed by atoms with Crippen molar-refractivity contribution in [2.24, 2.45) is 0 Å². The van der Waals surface area contributed by atoms with Gasteiger partial charge in [0.05, 0.1) is 0 Å². The topological polar surface area (TPSA) is 20.2 Å². The smallest absolute Gasteiger partial charge is 0.302 e. The fourth-order valence-corrected chi connectivity index (χ4v) is 2.11. The molecular formula is C17H18F2O. The van der Waals surface area contributed by atoms with Crippen LogP contribution in [0, 0.1) is 0 Å². The van der Waals surface area contributed by atoms with E-state index in [2.05, 4.69) is 0 Å². The minimum atomic E-state index is -3.31. The zero-order valence-corrected chi connectivity index (χ0v) is 11.6. The molecule has 3 heteroatoms. The van der Waals surface area contributed by atoms with E-state index in [1.807, 2.05) is 19.9 Å². The van der Waals surface area contributed by atoms with Crippen LogP contribution in [0.5, 0.6) is 0 Å². The first-order valence-corrected chi connectivity index (χ1v) is 6.64. The van der Waals surface area contributed by atoms with E-state index in [1.165, 1.54) is 24.3 Å². The van der Waals surface area contributed by atoms with Crippen molar-refractivity contribution in [3.05, 3.63) is 71.3 Å². The van der Waals surface area contributed by atoms with Crippen LogP contribution in [0.25, 0.3) is 0 Å². The van der Waals surface area contributed by atoms with Crippen molar-refractivity contribution in [3.63, 3.8) is 0 Å². The third kappa shape index (κ3) is 2.88. The molecule has 0 spiro atoms. The van der Waals surface area contributed by atoms with Crippen LogP contribution in [0.4, 0.5) is 8.78 Å². The van der Waals surface area contributed by atoms with Gasteiger partial charge in [0.1, 0.15) is 6.10 Å². The first-order chi connectivity index (χ1) is 9.43. The Kier molecular flexibility index (Phi) is 4.19. The van der Waals surface area contributed by atoms with E-state index >= 15 is 0 Å². The lowest BCUT2D eigenvalue weighted by molar-refractivity contribution is -0.117. The second-order valence-electron chi connectivity index (χ2n) is 5.22. The molecule has 1 nitrogen and oxygen atoms in total. The predicted octanol–water partition coefficient (Wildman–Crippen LogP) is 4.64. The highest BCUT2D eigenvalue weighted by Gasteiger charge is 2.41. The molecule has 0 aliphatic heterocycles. The molecule has 0 heterocycles. The maximum absolute atomic E-state index is 14.4. The summed E-state index contributed by atoms with van der Waals surface area (Å²) in [4.78, 5) is 0. The van der Waals surface area contributed by atoms with Crippen molar-refractivity contribution < 1.29 is 13.9 Å². The molecule has 0 aromatic heterocycles. The normalized spacial score (nSPS) is 13.5. The lowest BCUT2D eigenvalue weighted by atomic mass is 9.93. The van der Waals surface area contributed by atoms with Gasteiger partial charge in [-0.15, -0.1) is 0 Å². The first kappa shape index (κ1) is 14.7. The summed E-state index contributed by atoms with van der Waals surface area (Å²) < 4.78 is 28.9. The van der Waals surface area contributed by atoms with Gasteiger partial charge >= 0.3 is 5.92 Å². The number of aliphatic hydroxyl groups is 1. The summed E-state index contributed by atoms with van der Waals surface area (Å²) in [6.45, 7) is 3.90. The molecule has 1 atom stereocenters. The quantitative estimate of drug-likeness (QED) is 0.862. The molecule has 1 N–H and O–H groups in total. The average molecular weight is 276 g/mol. The SMILES string of the molecule is CC(C)c1cccc(C(F)(F)C(O)c2ccccc2)c1. The average Bonchev–Trinajstić information content (AvgIpc) is 2.47. The largest absolute Gasteiger partial charge is 0.382 e. The number of hydrogen-bond donors (Lipinski definition) is 1. The molecular weight excluding hydrogens is 258 g/mol. The summed E-state index contributed by atoms with van der Waals surface area (Å²) in [6.07, 6.45) is -1.84. The monoisotopic (exact) mass is 276 g/mol. The van der Waals surface area contributed by atoms with Crippen molar-refractivity contribution in [2.45, 2.75) is 31.8 Å². The van der Waals surface area contributed by atoms with Crippen LogP contribution in [0.3, 0.4) is 0 Å². The molecule has 0 aliphatic rings. The molecule has 2 aromatic rings. The standard InChI is InChI=1S/C17H18F2O/c1-12(2)14-9-6-10-15(11-14)17(18,19)16(20)13-7-4-3-5-8-13/h3-12,16,20H,1-2H3. The van der Waals surface area contributed by atoms with Gasteiger partial charge in [-0.1, -0.05) is 62.4 Å². The Morgan fingerprint density at radius 2 is 1.50 bits per heavy atom. The summed E-state index contributed by atoms with van der Waals surface area (Å²) in [7, 11) is 0. The molecule has 0 fully saturated rings. The van der Waals surface area contributed by atoms with E-state index in [9.17, 15) is 13.9 Å². The zero-order valence-electron chi connectivity index (χ0n) is 11.6. The van der Waals surface area contributed by atoms with Crippen LogP contribution < -0.4 is 0 Å². The fraction of sp³-hybridized carbons (Fsp3) is 0.294. The summed E-state index contributed by atoms with van der Waals surface area (Å²) in [5.41, 5.74) is 0.898. The van der Waals surface area contributed by atoms with Gasteiger partial charge in [0, 0.05) is 5.56 Å². The Morgan fingerprint density at radius 1 is 0.900 bits per heavy atom. The lowest BCUT2D eigenvalue weighted by Gasteiger charge is -2.24. The highest BCUT2D eigenvalue weighted by Crippen LogP contribution is 2.41. The van der Waals surface area contributed by atoms with Gasteiger partial charge in [0.15, 0.2) is 0 Å². The van der Waals surface area contributed by atoms with Crippen molar-refractivity contribution in [2.75, 3.05) is 0 Å². The highest BCUT2D eigenvalue weighted by atomic mass is 19.3. The molecule has 20 heavy (non-hydrogen) atoms. The Labute approximate surface area is 117 Å². The fourth-order valence-electron chi connectivity index (χ4n) is 2.11. The van der Waals surface area contributed by atoms with Crippen molar-refractivity contribution >= 4 is 0 Å². The third-order valence-corrected chi connectivity index (χ3v) is 3.40. The van der Waals surface area contributed by atoms with E-state index < -0.39 is 12.0 Å². The van der Waals surface area contributed by atoms with E-state index in [4.69, 9.17) is 0 Å². The molecule has 2 rings (SSSR count). The van der Waals surface area contributed by atoms with Crippen LogP contribution in [0.1, 0.15) is 42.6 Å². The number of halogens is 2. The van der Waals surface area contributed by atoms with Gasteiger partial charge < -0.3 is 5.11 Å². The molecule has 0 saturated heterocycles. The number of aliphatic hydroxyl groups excluding tert-OH is 1. The van der Waals surface area contributed by atoms with Crippen molar-refractivity contribution in [1.29, 1.82) is 0 Å². The van der Waals surface area contributed by atoms with Gasteiger partial charge in [-0.2, -0.15) is 8.78 Å². The maximum atomic E-state index is 14.4. The maximum Gasteiger partial charge on any atom is 0.302 e. The lowest BCUT2D eigenvalue weighted by Crippen LogP contribution is -2.24. The first-order valence-electron chi connectivity index (χ1n) is 6.64. The van der Waals surface area contributed by atoms with Crippen LogP contribution in [-0.4, -0.2) is 5.11 Å². The Hall–Kier alpha value is -1.74. The summed E-state index contributed by atoms with van der Waals surface area (Å²) in [6, 6.07) is 14.3. The van der Waals surface area contributed by atoms with E-state index in [1.54, 1.807) is 24.3 Å².